The molecule has 3 aliphatic rings. The van der Waals surface area contributed by atoms with Crippen LogP contribution in [-0.4, -0.2) is 12.7 Å². The second kappa shape index (κ2) is 9.37. The molecule has 174 valence electrons. The largest absolute Gasteiger partial charge is 0.378 e. The number of halogens is 3. The van der Waals surface area contributed by atoms with Crippen LogP contribution in [0.2, 0.25) is 0 Å². The van der Waals surface area contributed by atoms with Gasteiger partial charge in [-0.2, -0.15) is 0 Å². The molecule has 2 aromatic rings. The molecule has 5 rings (SSSR count). The lowest BCUT2D eigenvalue weighted by atomic mass is 9.62. The molecule has 4 unspecified atom stereocenters. The topological polar surface area (TPSA) is 9.23 Å². The third kappa shape index (κ3) is 4.32. The van der Waals surface area contributed by atoms with Crippen molar-refractivity contribution in [2.24, 2.45) is 23.7 Å². The van der Waals surface area contributed by atoms with Crippen molar-refractivity contribution < 1.29 is 17.9 Å². The Balaban J connectivity index is 1.19. The van der Waals surface area contributed by atoms with Crippen molar-refractivity contribution in [3.05, 3.63) is 47.3 Å². The van der Waals surface area contributed by atoms with E-state index in [4.69, 9.17) is 4.74 Å². The lowest BCUT2D eigenvalue weighted by Gasteiger charge is -2.45. The third-order valence-electron chi connectivity index (χ3n) is 8.91. The summed E-state index contributed by atoms with van der Waals surface area (Å²) in [5, 5.41) is 0.624. The van der Waals surface area contributed by atoms with Crippen LogP contribution in [0, 0.1) is 41.1 Å². The number of hydrogen-bond donors (Lipinski definition) is 0. The van der Waals surface area contributed by atoms with E-state index in [1.54, 1.807) is 6.07 Å². The smallest absolute Gasteiger partial charge is 0.195 e. The van der Waals surface area contributed by atoms with E-state index in [1.165, 1.54) is 51.4 Å². The predicted octanol–water partition coefficient (Wildman–Crippen LogP) is 8.15. The molecule has 0 heterocycles. The number of hydrogen-bond acceptors (Lipinski definition) is 1. The van der Waals surface area contributed by atoms with Crippen molar-refractivity contribution in [1.82, 2.24) is 0 Å². The molecule has 0 spiro atoms. The van der Waals surface area contributed by atoms with Crippen LogP contribution in [0.1, 0.15) is 82.6 Å². The van der Waals surface area contributed by atoms with Crippen LogP contribution in [0.4, 0.5) is 13.2 Å². The molecule has 0 amide bonds. The molecule has 0 aliphatic heterocycles. The first-order valence-corrected chi connectivity index (χ1v) is 12.7. The molecule has 4 atom stereocenters. The quantitative estimate of drug-likeness (QED) is 0.432. The molecule has 3 saturated carbocycles. The summed E-state index contributed by atoms with van der Waals surface area (Å²) in [6.45, 7) is 2.94. The second-order valence-electron chi connectivity index (χ2n) is 10.6. The van der Waals surface area contributed by atoms with E-state index in [0.717, 1.165) is 54.7 Å². The van der Waals surface area contributed by atoms with Gasteiger partial charge in [0.25, 0.3) is 0 Å². The molecule has 0 radical (unpaired) electrons. The summed E-state index contributed by atoms with van der Waals surface area (Å²) in [6.07, 6.45) is 13.3. The van der Waals surface area contributed by atoms with Crippen molar-refractivity contribution in [2.45, 2.75) is 83.2 Å². The number of rotatable bonds is 4. The average Bonchev–Trinajstić information content (AvgIpc) is 2.82. The Labute approximate surface area is 189 Å². The summed E-state index contributed by atoms with van der Waals surface area (Å²) in [4.78, 5) is 0. The van der Waals surface area contributed by atoms with E-state index in [-0.39, 0.29) is 5.39 Å². The van der Waals surface area contributed by atoms with Crippen LogP contribution in [0.5, 0.6) is 0 Å². The van der Waals surface area contributed by atoms with Gasteiger partial charge in [-0.3, -0.25) is 0 Å². The first-order valence-electron chi connectivity index (χ1n) is 12.7. The van der Waals surface area contributed by atoms with Crippen molar-refractivity contribution in [1.29, 1.82) is 0 Å². The minimum Gasteiger partial charge on any atom is -0.378 e. The monoisotopic (exact) mass is 444 g/mol. The Morgan fingerprint density at radius 3 is 2.16 bits per heavy atom. The Morgan fingerprint density at radius 2 is 1.41 bits per heavy atom. The van der Waals surface area contributed by atoms with E-state index in [1.807, 2.05) is 12.1 Å². The summed E-state index contributed by atoms with van der Waals surface area (Å²) in [7, 11) is 0. The number of fused-ring (bicyclic) bond motifs is 2. The highest BCUT2D eigenvalue weighted by molar-refractivity contribution is 5.84. The maximum absolute atomic E-state index is 14.0. The van der Waals surface area contributed by atoms with E-state index < -0.39 is 17.5 Å². The summed E-state index contributed by atoms with van der Waals surface area (Å²) in [5.74, 6) is 0.314. The predicted molar refractivity (Wildman–Crippen MR) is 122 cm³/mol. The zero-order valence-corrected chi connectivity index (χ0v) is 19.1. The van der Waals surface area contributed by atoms with Gasteiger partial charge in [-0.15, -0.1) is 0 Å². The first kappa shape index (κ1) is 22.3. The molecule has 0 saturated heterocycles. The lowest BCUT2D eigenvalue weighted by Crippen LogP contribution is -2.36. The van der Waals surface area contributed by atoms with Crippen LogP contribution >= 0.6 is 0 Å². The highest BCUT2D eigenvalue weighted by Crippen LogP contribution is 2.49. The van der Waals surface area contributed by atoms with E-state index in [0.29, 0.717) is 17.4 Å². The molecule has 0 N–H and O–H groups in total. The van der Waals surface area contributed by atoms with Gasteiger partial charge in [-0.05, 0) is 118 Å². The Bertz CT molecular complexity index is 949. The molecular weight excluding hydrogens is 409 g/mol. The molecule has 0 bridgehead atoms. The van der Waals surface area contributed by atoms with Crippen LogP contribution in [0.25, 0.3) is 10.8 Å². The van der Waals surface area contributed by atoms with Gasteiger partial charge in [0.2, 0.25) is 0 Å². The van der Waals surface area contributed by atoms with Gasteiger partial charge in [0.05, 0.1) is 6.10 Å². The Hall–Kier alpha value is -1.55. The van der Waals surface area contributed by atoms with E-state index >= 15 is 0 Å². The highest BCUT2D eigenvalue weighted by Gasteiger charge is 2.39. The van der Waals surface area contributed by atoms with Crippen LogP contribution < -0.4 is 0 Å². The van der Waals surface area contributed by atoms with E-state index in [2.05, 4.69) is 6.92 Å². The minimum atomic E-state index is -1.38. The van der Waals surface area contributed by atoms with Gasteiger partial charge < -0.3 is 4.74 Å². The average molecular weight is 445 g/mol. The second-order valence-corrected chi connectivity index (χ2v) is 10.6. The normalized spacial score (nSPS) is 33.2. The zero-order chi connectivity index (χ0) is 22.2. The summed E-state index contributed by atoms with van der Waals surface area (Å²) < 4.78 is 47.2. The maximum Gasteiger partial charge on any atom is 0.195 e. The third-order valence-corrected chi connectivity index (χ3v) is 8.91. The fourth-order valence-electron chi connectivity index (χ4n) is 7.20. The molecule has 1 nitrogen and oxygen atoms in total. The van der Waals surface area contributed by atoms with Crippen molar-refractivity contribution >= 4 is 10.8 Å². The Morgan fingerprint density at radius 1 is 0.750 bits per heavy atom. The maximum atomic E-state index is 14.0. The molecule has 3 aliphatic carbocycles. The molecule has 0 aromatic heterocycles. The molecule has 4 heteroatoms. The Kier molecular flexibility index (Phi) is 6.51. The van der Waals surface area contributed by atoms with Crippen molar-refractivity contribution in [3.8, 4) is 0 Å². The highest BCUT2D eigenvalue weighted by atomic mass is 19.2. The zero-order valence-electron chi connectivity index (χ0n) is 19.1. The first-order chi connectivity index (χ1) is 15.5. The van der Waals surface area contributed by atoms with Crippen molar-refractivity contribution in [2.75, 3.05) is 6.61 Å². The number of benzene rings is 2. The summed E-state index contributed by atoms with van der Waals surface area (Å²) in [5.41, 5.74) is 1.14. The molecule has 3 fully saturated rings. The van der Waals surface area contributed by atoms with Gasteiger partial charge >= 0.3 is 0 Å². The molecular formula is C28H35F3O. The lowest BCUT2D eigenvalue weighted by molar-refractivity contribution is -0.0205. The SMILES string of the molecule is CCOC1CCC2CC(C3CCC(c4ccc5c(F)c(F)c(F)cc5c4)CC3)CCC2C1. The van der Waals surface area contributed by atoms with Gasteiger partial charge in [0, 0.05) is 12.0 Å². The summed E-state index contributed by atoms with van der Waals surface area (Å²) >= 11 is 0. The van der Waals surface area contributed by atoms with Gasteiger partial charge in [-0.25, -0.2) is 13.2 Å². The summed E-state index contributed by atoms with van der Waals surface area (Å²) in [6, 6.07) is 6.53. The van der Waals surface area contributed by atoms with Gasteiger partial charge in [-0.1, -0.05) is 18.2 Å². The fourth-order valence-corrected chi connectivity index (χ4v) is 7.20. The van der Waals surface area contributed by atoms with Crippen molar-refractivity contribution in [3.63, 3.8) is 0 Å². The van der Waals surface area contributed by atoms with Crippen LogP contribution in [-0.2, 0) is 4.74 Å². The van der Waals surface area contributed by atoms with Gasteiger partial charge in [0.1, 0.15) is 0 Å². The number of ether oxygens (including phenoxy) is 1. The van der Waals surface area contributed by atoms with Gasteiger partial charge in [0.15, 0.2) is 17.5 Å². The standard InChI is InChI=1S/C28H35F3O/c1-2-32-24-11-9-21-13-19(7-8-22(21)15-24)17-3-5-18(6-4-17)20-10-12-25-23(14-20)16-26(29)28(31)27(25)30/h10,12,14,16-19,21-22,24H,2-9,11,13,15H2,1H3. The van der Waals surface area contributed by atoms with Crippen LogP contribution in [0.15, 0.2) is 24.3 Å². The van der Waals surface area contributed by atoms with E-state index in [9.17, 15) is 13.2 Å². The minimum absolute atomic E-state index is 0.164. The fraction of sp³-hybridized carbons (Fsp3) is 0.643. The van der Waals surface area contributed by atoms with Crippen LogP contribution in [0.3, 0.4) is 0 Å². The molecule has 2 aromatic carbocycles. The molecule has 32 heavy (non-hydrogen) atoms.